The SMILES string of the molecule is COc1ccc(OC)c(C2=C/C(=C\c3ccc4c(c3)OCO4)C(=O)O2)c1. The molecule has 26 heavy (non-hydrogen) atoms. The fourth-order valence-corrected chi connectivity index (χ4v) is 2.81. The summed E-state index contributed by atoms with van der Waals surface area (Å²) in [4.78, 5) is 12.3. The van der Waals surface area contributed by atoms with Crippen molar-refractivity contribution in [1.82, 2.24) is 0 Å². The zero-order valence-corrected chi connectivity index (χ0v) is 14.3. The van der Waals surface area contributed by atoms with Crippen LogP contribution in [-0.2, 0) is 9.53 Å². The fraction of sp³-hybridized carbons (Fsp3) is 0.150. The van der Waals surface area contributed by atoms with E-state index in [-0.39, 0.29) is 6.79 Å². The molecule has 2 aromatic carbocycles. The smallest absolute Gasteiger partial charge is 0.343 e. The van der Waals surface area contributed by atoms with Crippen molar-refractivity contribution in [3.05, 3.63) is 59.2 Å². The number of rotatable bonds is 4. The maximum Gasteiger partial charge on any atom is 0.343 e. The van der Waals surface area contributed by atoms with Gasteiger partial charge in [0.25, 0.3) is 0 Å². The Hall–Kier alpha value is -3.41. The largest absolute Gasteiger partial charge is 0.497 e. The van der Waals surface area contributed by atoms with E-state index < -0.39 is 5.97 Å². The second-order valence-electron chi connectivity index (χ2n) is 5.68. The number of ether oxygens (including phenoxy) is 5. The van der Waals surface area contributed by atoms with E-state index in [2.05, 4.69) is 0 Å². The Bertz CT molecular complexity index is 941. The Labute approximate surface area is 150 Å². The summed E-state index contributed by atoms with van der Waals surface area (Å²) in [5, 5.41) is 0. The number of carbonyl (C=O) groups is 1. The standard InChI is InChI=1S/C20H16O6/c1-22-14-4-6-16(23-2)15(10-14)18-9-13(20(21)26-18)7-12-3-5-17-19(8-12)25-11-24-17/h3-10H,11H2,1-2H3/b13-7+. The van der Waals surface area contributed by atoms with Gasteiger partial charge in [-0.2, -0.15) is 0 Å². The Balaban J connectivity index is 1.70. The topological polar surface area (TPSA) is 63.2 Å². The van der Waals surface area contributed by atoms with Gasteiger partial charge >= 0.3 is 5.97 Å². The van der Waals surface area contributed by atoms with E-state index in [1.165, 1.54) is 0 Å². The van der Waals surface area contributed by atoms with Crippen LogP contribution in [0, 0.1) is 0 Å². The molecule has 0 atom stereocenters. The molecule has 2 aromatic rings. The minimum absolute atomic E-state index is 0.205. The van der Waals surface area contributed by atoms with Crippen LogP contribution in [0.15, 0.2) is 48.0 Å². The van der Waals surface area contributed by atoms with Crippen molar-refractivity contribution in [3.63, 3.8) is 0 Å². The van der Waals surface area contributed by atoms with Crippen LogP contribution in [0.3, 0.4) is 0 Å². The number of cyclic esters (lactones) is 1. The van der Waals surface area contributed by atoms with Crippen molar-refractivity contribution in [1.29, 1.82) is 0 Å². The highest BCUT2D eigenvalue weighted by Gasteiger charge is 2.25. The number of fused-ring (bicyclic) bond motifs is 1. The van der Waals surface area contributed by atoms with Gasteiger partial charge in [0.1, 0.15) is 17.3 Å². The van der Waals surface area contributed by atoms with Crippen LogP contribution >= 0.6 is 0 Å². The lowest BCUT2D eigenvalue weighted by Crippen LogP contribution is -1.98. The van der Waals surface area contributed by atoms with E-state index in [1.54, 1.807) is 44.6 Å². The summed E-state index contributed by atoms with van der Waals surface area (Å²) in [7, 11) is 3.14. The van der Waals surface area contributed by atoms with Crippen LogP contribution in [-0.4, -0.2) is 27.0 Å². The summed E-state index contributed by atoms with van der Waals surface area (Å²) < 4.78 is 26.7. The Morgan fingerprint density at radius 3 is 2.65 bits per heavy atom. The summed E-state index contributed by atoms with van der Waals surface area (Å²) in [5.74, 6) is 2.57. The number of hydrogen-bond donors (Lipinski definition) is 0. The lowest BCUT2D eigenvalue weighted by molar-refractivity contribution is -0.130. The first kappa shape index (κ1) is 16.1. The van der Waals surface area contributed by atoms with Crippen LogP contribution in [0.1, 0.15) is 11.1 Å². The van der Waals surface area contributed by atoms with Crippen molar-refractivity contribution in [2.75, 3.05) is 21.0 Å². The molecule has 0 bridgehead atoms. The molecular formula is C20H16O6. The van der Waals surface area contributed by atoms with Gasteiger partial charge in [-0.1, -0.05) is 6.07 Å². The van der Waals surface area contributed by atoms with Crippen LogP contribution in [0.4, 0.5) is 0 Å². The van der Waals surface area contributed by atoms with Gasteiger partial charge in [-0.3, -0.25) is 0 Å². The number of esters is 1. The highest BCUT2D eigenvalue weighted by molar-refractivity contribution is 6.05. The van der Waals surface area contributed by atoms with E-state index in [0.717, 1.165) is 5.56 Å². The van der Waals surface area contributed by atoms with Crippen molar-refractivity contribution < 1.29 is 28.5 Å². The molecule has 132 valence electrons. The monoisotopic (exact) mass is 352 g/mol. The normalized spacial score (nSPS) is 16.5. The van der Waals surface area contributed by atoms with Gasteiger partial charge in [0.05, 0.1) is 25.4 Å². The van der Waals surface area contributed by atoms with Crippen molar-refractivity contribution in [3.8, 4) is 23.0 Å². The molecule has 0 saturated carbocycles. The third kappa shape index (κ3) is 2.86. The lowest BCUT2D eigenvalue weighted by atomic mass is 10.1. The summed E-state index contributed by atoms with van der Waals surface area (Å²) >= 11 is 0. The second-order valence-corrected chi connectivity index (χ2v) is 5.68. The minimum atomic E-state index is -0.428. The minimum Gasteiger partial charge on any atom is -0.497 e. The first-order valence-corrected chi connectivity index (χ1v) is 7.95. The first-order chi connectivity index (χ1) is 12.7. The quantitative estimate of drug-likeness (QED) is 0.621. The average Bonchev–Trinajstić information content (AvgIpc) is 3.27. The molecule has 4 rings (SSSR count). The van der Waals surface area contributed by atoms with E-state index >= 15 is 0 Å². The van der Waals surface area contributed by atoms with Gasteiger partial charge in [0, 0.05) is 0 Å². The molecule has 0 aliphatic carbocycles. The molecule has 0 amide bonds. The number of benzene rings is 2. The summed E-state index contributed by atoms with van der Waals surface area (Å²) in [6.45, 7) is 0.205. The molecule has 0 N–H and O–H groups in total. The van der Waals surface area contributed by atoms with Gasteiger partial charge in [-0.25, -0.2) is 4.79 Å². The highest BCUT2D eigenvalue weighted by Crippen LogP contribution is 2.37. The van der Waals surface area contributed by atoms with Crippen LogP contribution in [0.25, 0.3) is 11.8 Å². The maximum absolute atomic E-state index is 12.3. The molecule has 6 heteroatoms. The second kappa shape index (κ2) is 6.48. The molecule has 2 aliphatic rings. The van der Waals surface area contributed by atoms with Gasteiger partial charge in [0.15, 0.2) is 11.5 Å². The van der Waals surface area contributed by atoms with Crippen LogP contribution in [0.5, 0.6) is 23.0 Å². The third-order valence-corrected chi connectivity index (χ3v) is 4.12. The van der Waals surface area contributed by atoms with Crippen molar-refractivity contribution in [2.24, 2.45) is 0 Å². The van der Waals surface area contributed by atoms with Crippen LogP contribution in [0.2, 0.25) is 0 Å². The molecule has 0 radical (unpaired) electrons. The van der Waals surface area contributed by atoms with Gasteiger partial charge in [-0.05, 0) is 48.0 Å². The third-order valence-electron chi connectivity index (χ3n) is 4.12. The number of carbonyl (C=O) groups excluding carboxylic acids is 1. The first-order valence-electron chi connectivity index (χ1n) is 7.95. The molecule has 0 spiro atoms. The average molecular weight is 352 g/mol. The molecule has 0 fully saturated rings. The van der Waals surface area contributed by atoms with Gasteiger partial charge < -0.3 is 23.7 Å². The van der Waals surface area contributed by atoms with E-state index in [1.807, 2.05) is 18.2 Å². The Kier molecular flexibility index (Phi) is 4.01. The zero-order valence-electron chi connectivity index (χ0n) is 14.3. The fourth-order valence-electron chi connectivity index (χ4n) is 2.81. The summed E-state index contributed by atoms with van der Waals surface area (Å²) in [6.07, 6.45) is 3.42. The molecule has 0 saturated heterocycles. The Morgan fingerprint density at radius 2 is 1.85 bits per heavy atom. The van der Waals surface area contributed by atoms with Crippen molar-refractivity contribution in [2.45, 2.75) is 0 Å². The van der Waals surface area contributed by atoms with E-state index in [9.17, 15) is 4.79 Å². The molecule has 6 nitrogen and oxygen atoms in total. The molecule has 2 aliphatic heterocycles. The van der Waals surface area contributed by atoms with Crippen molar-refractivity contribution >= 4 is 17.8 Å². The molecule has 0 aromatic heterocycles. The zero-order chi connectivity index (χ0) is 18.1. The van der Waals surface area contributed by atoms with Crippen LogP contribution < -0.4 is 18.9 Å². The number of methoxy groups -OCH3 is 2. The predicted octanol–water partition coefficient (Wildman–Crippen LogP) is 3.41. The molecular weight excluding hydrogens is 336 g/mol. The summed E-state index contributed by atoms with van der Waals surface area (Å²) in [5.41, 5.74) is 1.90. The van der Waals surface area contributed by atoms with E-state index in [4.69, 9.17) is 23.7 Å². The van der Waals surface area contributed by atoms with E-state index in [0.29, 0.717) is 39.9 Å². The highest BCUT2D eigenvalue weighted by atomic mass is 16.7. The maximum atomic E-state index is 12.3. The lowest BCUT2D eigenvalue weighted by Gasteiger charge is -2.10. The molecule has 0 unspecified atom stereocenters. The summed E-state index contributed by atoms with van der Waals surface area (Å²) in [6, 6.07) is 10.8. The number of hydrogen-bond acceptors (Lipinski definition) is 6. The Morgan fingerprint density at radius 1 is 1.00 bits per heavy atom. The molecule has 2 heterocycles. The predicted molar refractivity (Wildman–Crippen MR) is 94.2 cm³/mol. The van der Waals surface area contributed by atoms with Gasteiger partial charge in [0.2, 0.25) is 6.79 Å². The van der Waals surface area contributed by atoms with Gasteiger partial charge in [-0.15, -0.1) is 0 Å².